The van der Waals surface area contributed by atoms with Crippen LogP contribution in [-0.4, -0.2) is 120 Å². The molecule has 0 spiro atoms. The lowest BCUT2D eigenvalue weighted by Crippen LogP contribution is -2.45. The Labute approximate surface area is 384 Å². The molecule has 0 amide bonds. The summed E-state index contributed by atoms with van der Waals surface area (Å²) in [7, 11) is -34.0. The molecule has 0 bridgehead atoms. The van der Waals surface area contributed by atoms with Gasteiger partial charge in [-0.15, -0.1) is 0 Å². The molecule has 14 atom stereocenters. The highest BCUT2D eigenvalue weighted by molar-refractivity contribution is 7.67. The lowest BCUT2D eigenvalue weighted by molar-refractivity contribution is -0.0753. The van der Waals surface area contributed by atoms with Crippen LogP contribution in [0.4, 0.5) is 0 Å². The number of nitrogens with zero attached hydrogens (tertiary/aromatic N) is 3. The Morgan fingerprint density at radius 1 is 0.667 bits per heavy atom. The molecule has 0 aromatic carbocycles. The second kappa shape index (κ2) is 21.7. The van der Waals surface area contributed by atoms with Gasteiger partial charge in [0, 0.05) is 23.0 Å². The smallest absolute Gasteiger partial charge is 0.387 e. The number of aromatic amines is 2. The van der Waals surface area contributed by atoms with Gasteiger partial charge in [0.05, 0.1) is 12.2 Å². The lowest BCUT2D eigenvalue weighted by Gasteiger charge is -2.26. The Balaban J connectivity index is 0.000000350. The Kier molecular flexibility index (Phi) is 19.2. The Bertz CT molecular complexity index is 2630. The van der Waals surface area contributed by atoms with Gasteiger partial charge in [-0.2, -0.15) is 22.2 Å². The average Bonchev–Trinajstić information content (AvgIpc) is 3.50. The predicted molar refractivity (Wildman–Crippen MR) is 214 cm³/mol. The number of phosphoric ester groups is 2. The van der Waals surface area contributed by atoms with E-state index in [9.17, 15) is 76.4 Å². The summed E-state index contributed by atoms with van der Waals surface area (Å²) in [6.07, 6.45) is -12.3. The molecular formula is C23H29Cl4N5O28P6. The summed E-state index contributed by atoms with van der Waals surface area (Å²) in [6, 6.07) is 0.922. The van der Waals surface area contributed by atoms with Gasteiger partial charge >= 0.3 is 64.0 Å². The third kappa shape index (κ3) is 15.6. The molecule has 6 unspecified atom stereocenters. The first kappa shape index (κ1) is 58.5. The number of rotatable bonds is 16. The molecule has 2 saturated heterocycles. The summed E-state index contributed by atoms with van der Waals surface area (Å²) in [6.45, 7) is 2.00. The summed E-state index contributed by atoms with van der Waals surface area (Å²) < 4.78 is 104. The van der Waals surface area contributed by atoms with Crippen molar-refractivity contribution in [1.29, 1.82) is 0 Å². The Morgan fingerprint density at radius 2 is 1.05 bits per heavy atom. The van der Waals surface area contributed by atoms with Gasteiger partial charge in [0.1, 0.15) is 30.7 Å². The minimum absolute atomic E-state index is 0.621. The van der Waals surface area contributed by atoms with Gasteiger partial charge in [-0.05, 0) is 37.0 Å². The van der Waals surface area contributed by atoms with Crippen molar-refractivity contribution in [2.75, 3.05) is 0 Å². The molecule has 4 rings (SSSR count). The molecule has 2 aromatic rings. The van der Waals surface area contributed by atoms with Crippen LogP contribution < -0.4 is 22.6 Å². The average molecular weight is 1150 g/mol. The van der Waals surface area contributed by atoms with E-state index in [-0.39, 0.29) is 0 Å². The second-order valence-corrected chi connectivity index (χ2v) is 22.9. The van der Waals surface area contributed by atoms with Crippen LogP contribution in [0.1, 0.15) is 26.3 Å². The van der Waals surface area contributed by atoms with Crippen LogP contribution in [0.2, 0.25) is 0 Å². The SMILES string of the molecule is C[C@@H](OP(=O)(O)OP(=O)(O)OP(=O)(O)O)[C@H]1O[C@@H](n2ccc(=O)[nH]c2=O)C(Cl)(C#CCl)[C@H]1O.C[C@@H](OP(=O)(O)OP(=O)(O)OP(=O)(O)O)[C@H]1O[C@@H](n2cnc(=O)[nH]c2=O)C(Cl)(C#CCl)[C@H]1O. The highest BCUT2D eigenvalue weighted by Crippen LogP contribution is 2.68. The molecule has 12 N–H and O–H groups in total. The molecule has 4 heterocycles. The molecule has 0 aliphatic carbocycles. The third-order valence-electron chi connectivity index (χ3n) is 7.71. The molecule has 0 saturated carbocycles. The number of hydrogen-bond donors (Lipinski definition) is 12. The maximum absolute atomic E-state index is 12.1. The Morgan fingerprint density at radius 3 is 1.39 bits per heavy atom. The highest BCUT2D eigenvalue weighted by Gasteiger charge is 2.60. The van der Waals surface area contributed by atoms with Crippen molar-refractivity contribution < 1.29 is 113 Å². The topological polar surface area (TPSA) is 501 Å². The number of halogens is 4. The van der Waals surface area contributed by atoms with Gasteiger partial charge < -0.3 is 58.8 Å². The van der Waals surface area contributed by atoms with Crippen LogP contribution in [0, 0.1) is 22.6 Å². The standard InChI is InChI=1S/C12H15Cl2N2O14P3.C11H14Cl2N3O14P3/c1-6(28-32(23,24)30-33(25,26)29-31(20,21)22)8-9(18)12(14,3-4-13)10(27-8)16-5-2-7(17)15-11(16)19;1-5(28-32(23,24)30-33(25,26)29-31(20,21)22)6-7(17)11(13,2-3-12)8(27-6)16-4-14-9(18)15-10(16)19/h2,5-6,8-10,18H,1H3,(H,23,24)(H,25,26)(H,15,17,19)(H2,20,21,22);4-8,17H,1H3,(H,23,24)(H,25,26)(H,15,18,19)(H2,20,21,22)/t6-,8-,9+,10-,12?;5-,6-,7+,8-,11?/m11/s1. The van der Waals surface area contributed by atoms with Crippen LogP contribution >= 0.6 is 93.3 Å². The minimum atomic E-state index is -5.80. The zero-order chi connectivity index (χ0) is 50.8. The molecule has 0 radical (unpaired) electrons. The zero-order valence-electron chi connectivity index (χ0n) is 31.7. The molecule has 43 heteroatoms. The van der Waals surface area contributed by atoms with E-state index in [4.69, 9.17) is 75.5 Å². The number of alkyl halides is 2. The first-order chi connectivity index (χ1) is 29.8. The van der Waals surface area contributed by atoms with Gasteiger partial charge in [-0.3, -0.25) is 32.9 Å². The number of aromatic nitrogens is 5. The normalized spacial score (nSPS) is 30.0. The van der Waals surface area contributed by atoms with Crippen LogP contribution in [0.3, 0.4) is 0 Å². The molecule has 372 valence electrons. The summed E-state index contributed by atoms with van der Waals surface area (Å²) in [4.78, 5) is 121. The molecule has 2 fully saturated rings. The van der Waals surface area contributed by atoms with E-state index < -0.39 is 128 Å². The quantitative estimate of drug-likeness (QED) is 0.0534. The van der Waals surface area contributed by atoms with Crippen molar-refractivity contribution in [3.8, 4) is 22.6 Å². The van der Waals surface area contributed by atoms with Crippen LogP contribution in [0.15, 0.2) is 37.8 Å². The zero-order valence-corrected chi connectivity index (χ0v) is 40.1. The predicted octanol–water partition coefficient (Wildman–Crippen LogP) is -1.20. The van der Waals surface area contributed by atoms with Crippen molar-refractivity contribution in [2.45, 2.75) is 72.7 Å². The van der Waals surface area contributed by atoms with Crippen LogP contribution in [-0.2, 0) is 63.2 Å². The van der Waals surface area contributed by atoms with Gasteiger partial charge in [0.2, 0.25) is 0 Å². The van der Waals surface area contributed by atoms with E-state index in [2.05, 4.69) is 43.1 Å². The van der Waals surface area contributed by atoms with E-state index in [0.717, 1.165) is 30.7 Å². The Hall–Kier alpha value is -1.77. The molecule has 2 aliphatic heterocycles. The fraction of sp³-hybridized carbons (Fsp3) is 0.522. The summed E-state index contributed by atoms with van der Waals surface area (Å²) >= 11 is 23.4. The molecule has 33 nitrogen and oxygen atoms in total. The number of hydrogen-bond acceptors (Lipinski definition) is 21. The molecule has 2 aliphatic rings. The first-order valence-electron chi connectivity index (χ1n) is 16.3. The van der Waals surface area contributed by atoms with E-state index in [1.807, 2.05) is 15.7 Å². The molecule has 2 aromatic heterocycles. The third-order valence-corrected chi connectivity index (χ3v) is 16.8. The number of ether oxygens (including phenoxy) is 2. The minimum Gasteiger partial charge on any atom is -0.387 e. The van der Waals surface area contributed by atoms with Crippen molar-refractivity contribution in [3.05, 3.63) is 60.4 Å². The number of nitrogens with one attached hydrogen (secondary N) is 2. The maximum Gasteiger partial charge on any atom is 0.490 e. The second-order valence-electron chi connectivity index (χ2n) is 12.5. The maximum atomic E-state index is 12.1. The number of aliphatic hydroxyl groups is 2. The van der Waals surface area contributed by atoms with Crippen molar-refractivity contribution in [3.63, 3.8) is 0 Å². The van der Waals surface area contributed by atoms with Crippen LogP contribution in [0.5, 0.6) is 0 Å². The molecular weight excluding hydrogens is 1120 g/mol. The van der Waals surface area contributed by atoms with Gasteiger partial charge in [-0.25, -0.2) is 41.8 Å². The first-order valence-corrected chi connectivity index (χ1v) is 26.8. The van der Waals surface area contributed by atoms with E-state index >= 15 is 0 Å². The number of H-pyrrole nitrogens is 2. The number of phosphoric acid groups is 6. The summed E-state index contributed by atoms with van der Waals surface area (Å²) in [5, 5.41) is 25.0. The van der Waals surface area contributed by atoms with Crippen LogP contribution in [0.25, 0.3) is 0 Å². The van der Waals surface area contributed by atoms with Crippen molar-refractivity contribution in [1.82, 2.24) is 24.1 Å². The van der Waals surface area contributed by atoms with Crippen molar-refractivity contribution in [2.24, 2.45) is 0 Å². The monoisotopic (exact) mass is 1150 g/mol. The summed E-state index contributed by atoms with van der Waals surface area (Å²) in [5.41, 5.74) is -3.90. The van der Waals surface area contributed by atoms with Gasteiger partial charge in [0.25, 0.3) is 5.56 Å². The van der Waals surface area contributed by atoms with E-state index in [0.29, 0.717) is 10.9 Å². The highest BCUT2D eigenvalue weighted by atomic mass is 35.5. The van der Waals surface area contributed by atoms with Gasteiger partial charge in [0.15, 0.2) is 22.2 Å². The van der Waals surface area contributed by atoms with E-state index in [1.54, 1.807) is 4.98 Å². The summed E-state index contributed by atoms with van der Waals surface area (Å²) in [5.74, 6) is 4.41. The van der Waals surface area contributed by atoms with E-state index in [1.165, 1.54) is 0 Å². The lowest BCUT2D eigenvalue weighted by atomic mass is 9.97. The fourth-order valence-electron chi connectivity index (χ4n) is 5.37. The fourth-order valence-corrected chi connectivity index (χ4v) is 12.8. The van der Waals surface area contributed by atoms with Crippen molar-refractivity contribution >= 4 is 93.3 Å². The van der Waals surface area contributed by atoms with Gasteiger partial charge in [-0.1, -0.05) is 35.0 Å². The number of aliphatic hydroxyl groups excluding tert-OH is 2. The largest absolute Gasteiger partial charge is 0.490 e. The molecule has 66 heavy (non-hydrogen) atoms.